The summed E-state index contributed by atoms with van der Waals surface area (Å²) in [5, 5.41) is 6.91. The molecule has 0 radical (unpaired) electrons. The first-order chi connectivity index (χ1) is 11.2. The second kappa shape index (κ2) is 9.60. The number of rotatable bonds is 7. The molecule has 0 aliphatic carbocycles. The largest absolute Gasteiger partial charge is 0.355 e. The molecular formula is C18H33N5. The molecule has 0 bridgehead atoms. The summed E-state index contributed by atoms with van der Waals surface area (Å²) in [6.45, 7) is 9.87. The minimum Gasteiger partial charge on any atom is -0.355 e. The average Bonchev–Trinajstić information content (AvgIpc) is 3.05. The number of aromatic nitrogens is 1. The number of hydrogen-bond acceptors (Lipinski definition) is 2. The normalized spacial score (nSPS) is 20.0. The zero-order valence-corrected chi connectivity index (χ0v) is 15.0. The molecule has 1 aliphatic heterocycles. The zero-order chi connectivity index (χ0) is 16.5. The van der Waals surface area contributed by atoms with Crippen LogP contribution < -0.4 is 10.6 Å². The zero-order valence-electron chi connectivity index (χ0n) is 15.0. The lowest BCUT2D eigenvalue weighted by atomic mass is 10.0. The van der Waals surface area contributed by atoms with Crippen LogP contribution in [0.3, 0.4) is 0 Å². The summed E-state index contributed by atoms with van der Waals surface area (Å²) in [6.07, 6.45) is 8.15. The SMILES string of the molecule is CN=C(NCCn1cccc1)NCC1CCCCN1CC(C)C. The van der Waals surface area contributed by atoms with E-state index in [2.05, 4.69) is 63.5 Å². The molecule has 1 fully saturated rings. The van der Waals surface area contributed by atoms with Crippen molar-refractivity contribution in [1.29, 1.82) is 0 Å². The summed E-state index contributed by atoms with van der Waals surface area (Å²) in [4.78, 5) is 6.99. The molecule has 2 N–H and O–H groups in total. The molecule has 2 heterocycles. The van der Waals surface area contributed by atoms with Crippen molar-refractivity contribution in [3.05, 3.63) is 24.5 Å². The third-order valence-corrected chi connectivity index (χ3v) is 4.41. The Morgan fingerprint density at radius 1 is 1.22 bits per heavy atom. The van der Waals surface area contributed by atoms with E-state index >= 15 is 0 Å². The lowest BCUT2D eigenvalue weighted by Gasteiger charge is -2.37. The van der Waals surface area contributed by atoms with Gasteiger partial charge >= 0.3 is 0 Å². The molecule has 0 saturated carbocycles. The highest BCUT2D eigenvalue weighted by Crippen LogP contribution is 2.17. The summed E-state index contributed by atoms with van der Waals surface area (Å²) in [6, 6.07) is 4.74. The van der Waals surface area contributed by atoms with E-state index in [1.807, 2.05) is 7.05 Å². The predicted molar refractivity (Wildman–Crippen MR) is 97.8 cm³/mol. The molecule has 2 rings (SSSR count). The van der Waals surface area contributed by atoms with Gasteiger partial charge in [-0.1, -0.05) is 20.3 Å². The molecule has 5 nitrogen and oxygen atoms in total. The Bertz CT molecular complexity index is 452. The predicted octanol–water partition coefficient (Wildman–Crippen LogP) is 2.16. The second-order valence-electron chi connectivity index (χ2n) is 6.84. The Labute approximate surface area is 141 Å². The van der Waals surface area contributed by atoms with Gasteiger partial charge in [0.25, 0.3) is 0 Å². The first-order valence-corrected chi connectivity index (χ1v) is 8.98. The van der Waals surface area contributed by atoms with Gasteiger partial charge in [-0.25, -0.2) is 0 Å². The van der Waals surface area contributed by atoms with E-state index < -0.39 is 0 Å². The minimum absolute atomic E-state index is 0.633. The Morgan fingerprint density at radius 3 is 2.70 bits per heavy atom. The maximum atomic E-state index is 4.34. The van der Waals surface area contributed by atoms with Crippen molar-refractivity contribution in [2.24, 2.45) is 10.9 Å². The Kier molecular flexibility index (Phi) is 7.46. The number of piperidine rings is 1. The maximum absolute atomic E-state index is 4.34. The van der Waals surface area contributed by atoms with Gasteiger partial charge in [0.15, 0.2) is 5.96 Å². The van der Waals surface area contributed by atoms with Crippen LogP contribution in [0.15, 0.2) is 29.5 Å². The van der Waals surface area contributed by atoms with E-state index in [4.69, 9.17) is 0 Å². The molecule has 0 spiro atoms. The van der Waals surface area contributed by atoms with Gasteiger partial charge in [-0.15, -0.1) is 0 Å². The van der Waals surface area contributed by atoms with Gasteiger partial charge in [0.1, 0.15) is 0 Å². The fraction of sp³-hybridized carbons (Fsp3) is 0.722. The van der Waals surface area contributed by atoms with Gasteiger partial charge in [-0.3, -0.25) is 9.89 Å². The smallest absolute Gasteiger partial charge is 0.191 e. The van der Waals surface area contributed by atoms with Crippen molar-refractivity contribution in [2.45, 2.75) is 45.7 Å². The standard InChI is InChI=1S/C18H33N5/c1-16(2)15-23-12-5-4-8-17(23)14-21-18(19-3)20-9-13-22-10-6-7-11-22/h6-7,10-11,16-17H,4-5,8-9,12-15H2,1-3H3,(H2,19,20,21). The highest BCUT2D eigenvalue weighted by Gasteiger charge is 2.22. The lowest BCUT2D eigenvalue weighted by Crippen LogP contribution is -2.50. The third-order valence-electron chi connectivity index (χ3n) is 4.41. The number of guanidine groups is 1. The van der Waals surface area contributed by atoms with Gasteiger partial charge in [-0.2, -0.15) is 0 Å². The quantitative estimate of drug-likeness (QED) is 0.598. The van der Waals surface area contributed by atoms with Crippen LogP contribution in [0.5, 0.6) is 0 Å². The van der Waals surface area contributed by atoms with Gasteiger partial charge in [0.2, 0.25) is 0 Å². The third kappa shape index (κ3) is 6.26. The van der Waals surface area contributed by atoms with Gasteiger partial charge in [0.05, 0.1) is 0 Å². The Hall–Kier alpha value is -1.49. The Balaban J connectivity index is 1.72. The monoisotopic (exact) mass is 319 g/mol. The van der Waals surface area contributed by atoms with E-state index in [0.29, 0.717) is 6.04 Å². The van der Waals surface area contributed by atoms with E-state index in [1.54, 1.807) is 0 Å². The van der Waals surface area contributed by atoms with Crippen LogP contribution in [0, 0.1) is 5.92 Å². The molecular weight excluding hydrogens is 286 g/mol. The lowest BCUT2D eigenvalue weighted by molar-refractivity contribution is 0.133. The first-order valence-electron chi connectivity index (χ1n) is 8.98. The molecule has 1 aromatic rings. The van der Waals surface area contributed by atoms with Crippen molar-refractivity contribution in [3.63, 3.8) is 0 Å². The molecule has 0 aromatic carbocycles. The van der Waals surface area contributed by atoms with Crippen molar-refractivity contribution in [1.82, 2.24) is 20.1 Å². The molecule has 130 valence electrons. The summed E-state index contributed by atoms with van der Waals surface area (Å²) in [5.41, 5.74) is 0. The van der Waals surface area contributed by atoms with Crippen molar-refractivity contribution in [3.8, 4) is 0 Å². The molecule has 5 heteroatoms. The Morgan fingerprint density at radius 2 is 2.00 bits per heavy atom. The van der Waals surface area contributed by atoms with E-state index in [9.17, 15) is 0 Å². The van der Waals surface area contributed by atoms with Crippen molar-refractivity contribution >= 4 is 5.96 Å². The van der Waals surface area contributed by atoms with Gasteiger partial charge in [0, 0.05) is 51.7 Å². The summed E-state index contributed by atoms with van der Waals surface area (Å²) < 4.78 is 2.17. The molecule has 1 atom stereocenters. The molecule has 1 unspecified atom stereocenters. The number of aliphatic imine (C=N–C) groups is 1. The molecule has 23 heavy (non-hydrogen) atoms. The van der Waals surface area contributed by atoms with E-state index in [1.165, 1.54) is 32.4 Å². The first kappa shape index (κ1) is 17.9. The highest BCUT2D eigenvalue weighted by atomic mass is 15.2. The fourth-order valence-electron chi connectivity index (χ4n) is 3.26. The topological polar surface area (TPSA) is 44.6 Å². The number of likely N-dealkylation sites (tertiary alicyclic amines) is 1. The van der Waals surface area contributed by atoms with Crippen LogP contribution in [-0.2, 0) is 6.54 Å². The number of nitrogens with zero attached hydrogens (tertiary/aromatic N) is 3. The van der Waals surface area contributed by atoms with Crippen LogP contribution >= 0.6 is 0 Å². The van der Waals surface area contributed by atoms with Crippen molar-refractivity contribution < 1.29 is 0 Å². The summed E-state index contributed by atoms with van der Waals surface area (Å²) in [7, 11) is 1.84. The molecule has 0 amide bonds. The number of hydrogen-bond donors (Lipinski definition) is 2. The molecule has 1 aliphatic rings. The van der Waals surface area contributed by atoms with E-state index in [-0.39, 0.29) is 0 Å². The average molecular weight is 319 g/mol. The highest BCUT2D eigenvalue weighted by molar-refractivity contribution is 5.79. The summed E-state index contributed by atoms with van der Waals surface area (Å²) >= 11 is 0. The maximum Gasteiger partial charge on any atom is 0.191 e. The van der Waals surface area contributed by atoms with Gasteiger partial charge < -0.3 is 15.2 Å². The van der Waals surface area contributed by atoms with Crippen LogP contribution in [0.2, 0.25) is 0 Å². The van der Waals surface area contributed by atoms with Crippen molar-refractivity contribution in [2.75, 3.05) is 33.2 Å². The van der Waals surface area contributed by atoms with Crippen LogP contribution in [0.1, 0.15) is 33.1 Å². The second-order valence-corrected chi connectivity index (χ2v) is 6.84. The summed E-state index contributed by atoms with van der Waals surface area (Å²) in [5.74, 6) is 1.64. The molecule has 1 aromatic heterocycles. The van der Waals surface area contributed by atoms with E-state index in [0.717, 1.165) is 31.5 Å². The molecule has 1 saturated heterocycles. The van der Waals surface area contributed by atoms with Crippen LogP contribution in [0.25, 0.3) is 0 Å². The van der Waals surface area contributed by atoms with Gasteiger partial charge in [-0.05, 0) is 37.4 Å². The minimum atomic E-state index is 0.633. The number of nitrogens with one attached hydrogen (secondary N) is 2. The fourth-order valence-corrected chi connectivity index (χ4v) is 3.26. The van der Waals surface area contributed by atoms with Crippen LogP contribution in [-0.4, -0.2) is 54.7 Å². The van der Waals surface area contributed by atoms with Crippen LogP contribution in [0.4, 0.5) is 0 Å².